The summed E-state index contributed by atoms with van der Waals surface area (Å²) in [4.78, 5) is 0. The van der Waals surface area contributed by atoms with Gasteiger partial charge in [-0.1, -0.05) is 48.5 Å². The van der Waals surface area contributed by atoms with Gasteiger partial charge in [-0.3, -0.25) is 0 Å². The van der Waals surface area contributed by atoms with E-state index in [9.17, 15) is 0 Å². The van der Waals surface area contributed by atoms with E-state index in [0.29, 0.717) is 0 Å². The minimum absolute atomic E-state index is 1.23. The van der Waals surface area contributed by atoms with Crippen molar-refractivity contribution in [2.45, 2.75) is 0 Å². The molecule has 5 rings (SSSR count). The Labute approximate surface area is 173 Å². The number of hydrogen-bond donors (Lipinski definition) is 0. The third kappa shape index (κ3) is 2.25. The zero-order chi connectivity index (χ0) is 16.6. The van der Waals surface area contributed by atoms with E-state index in [2.05, 4.69) is 114 Å². The lowest BCUT2D eigenvalue weighted by molar-refractivity contribution is 1.87. The summed E-state index contributed by atoms with van der Waals surface area (Å²) in [6.45, 7) is 0. The Balaban J connectivity index is 2.26. The minimum Gasteiger partial charge on any atom is -0.138 e. The molecule has 4 heteroatoms. The van der Waals surface area contributed by atoms with Crippen LogP contribution in [0.1, 0.15) is 0 Å². The number of rotatable bonds is 0. The highest BCUT2D eigenvalue weighted by Crippen LogP contribution is 2.38. The smallest absolute Gasteiger partial charge is 0.138 e. The molecule has 0 aromatic heterocycles. The molecule has 0 unspecified atom stereocenters. The van der Waals surface area contributed by atoms with Gasteiger partial charge in [0.05, 0.1) is 0 Å². The summed E-state index contributed by atoms with van der Waals surface area (Å²) < 4.78 is 4.92. The quantitative estimate of drug-likeness (QED) is 0.220. The van der Waals surface area contributed by atoms with Gasteiger partial charge in [-0.05, 0) is 43.1 Å². The molecule has 0 aliphatic carbocycles. The van der Waals surface area contributed by atoms with Crippen LogP contribution in [0.15, 0.2) is 48.5 Å². The predicted molar refractivity (Wildman–Crippen MR) is 109 cm³/mol. The molecule has 100 valence electrons. The van der Waals surface area contributed by atoms with Crippen LogP contribution in [0, 0.1) is 0 Å². The maximum absolute atomic E-state index is 2.86. The zero-order valence-electron chi connectivity index (χ0n) is 12.9. The largest absolute Gasteiger partial charge is 0.175 e. The lowest BCUT2D eigenvalue weighted by atomic mass is 9.90. The molecule has 0 spiro atoms. The second-order valence-corrected chi connectivity index (χ2v) is 9.14. The van der Waals surface area contributed by atoms with Crippen LogP contribution in [0.25, 0.3) is 43.1 Å². The molecular weight excluding hydrogens is 348 g/mol. The number of hydrogen-bond acceptors (Lipinski definition) is 0. The van der Waals surface area contributed by atoms with Gasteiger partial charge in [0, 0.05) is 0 Å². The lowest BCUT2D eigenvalue weighted by Gasteiger charge is -2.18. The van der Waals surface area contributed by atoms with E-state index in [1.807, 2.05) is 0 Å². The van der Waals surface area contributed by atoms with E-state index >= 15 is 0 Å². The van der Waals surface area contributed by atoms with E-state index in [1.165, 1.54) is 60.8 Å². The van der Waals surface area contributed by atoms with Crippen molar-refractivity contribution in [3.8, 4) is 0 Å². The van der Waals surface area contributed by atoms with Crippen molar-refractivity contribution in [2.24, 2.45) is 0 Å². The molecule has 0 nitrogen and oxygen atoms in total. The molecule has 0 fully saturated rings. The molecule has 0 aliphatic heterocycles. The summed E-state index contributed by atoms with van der Waals surface area (Å²) >= 11 is 11.4. The van der Waals surface area contributed by atoms with Crippen LogP contribution >= 0.6 is 0 Å². The lowest BCUT2D eigenvalue weighted by Crippen LogP contribution is -2.10. The van der Waals surface area contributed by atoms with Crippen molar-refractivity contribution < 1.29 is 0 Å². The standard InChI is InChI=1S/C20H8.4Al/c1-5-13-6-2-11-17-18-12-4-8-14-7-3-10-16(20(14)18)15(9-1)19(13)17;;;;/h5-12H;;;;. The summed E-state index contributed by atoms with van der Waals surface area (Å²) in [5.74, 6) is 0. The van der Waals surface area contributed by atoms with E-state index < -0.39 is 0 Å². The minimum atomic E-state index is 1.23. The van der Waals surface area contributed by atoms with Crippen LogP contribution in [0.2, 0.25) is 0 Å². The topological polar surface area (TPSA) is 0 Å². The molecule has 0 saturated heterocycles. The van der Waals surface area contributed by atoms with Gasteiger partial charge in [0.25, 0.3) is 0 Å². The fraction of sp³-hybridized carbons (Fsp3) is 0. The fourth-order valence-electron chi connectivity index (χ4n) is 3.97. The van der Waals surface area contributed by atoms with Gasteiger partial charge < -0.3 is 0 Å². The Hall–Kier alpha value is -0.470. The van der Waals surface area contributed by atoms with Gasteiger partial charge in [0.2, 0.25) is 0 Å². The average Bonchev–Trinajstić information content (AvgIpc) is 2.50. The molecule has 0 bridgehead atoms. The van der Waals surface area contributed by atoms with Crippen LogP contribution in [-0.2, 0) is 0 Å². The summed E-state index contributed by atoms with van der Waals surface area (Å²) in [7, 11) is 0. The van der Waals surface area contributed by atoms with Gasteiger partial charge in [-0.2, -0.15) is 0 Å². The Bertz CT molecular complexity index is 1090. The number of benzene rings is 5. The first kappa shape index (κ1) is 15.8. The van der Waals surface area contributed by atoms with E-state index in [-0.39, 0.29) is 0 Å². The third-order valence-corrected chi connectivity index (χ3v) is 6.10. The van der Waals surface area contributed by atoms with Gasteiger partial charge in [0.15, 0.2) is 65.2 Å². The predicted octanol–water partition coefficient (Wildman–Crippen LogP) is 0.912. The molecule has 5 aromatic carbocycles. The van der Waals surface area contributed by atoms with Gasteiger partial charge >= 0.3 is 0 Å². The first-order valence-corrected chi connectivity index (χ1v) is 10.1. The Morgan fingerprint density at radius 3 is 0.875 bits per heavy atom. The van der Waals surface area contributed by atoms with Crippen molar-refractivity contribution >= 4 is 126 Å². The highest BCUT2D eigenvalue weighted by Gasteiger charge is 2.14. The van der Waals surface area contributed by atoms with Gasteiger partial charge in [-0.25, -0.2) is 0 Å². The van der Waals surface area contributed by atoms with Crippen LogP contribution in [0.3, 0.4) is 0 Å². The SMILES string of the molecule is [Al][c]1cc2c[c]([Al])cc3c4c[c]([Al])cc5c[c]([Al])cc(c(c1)c23)c54. The molecule has 0 amide bonds. The van der Waals surface area contributed by atoms with Gasteiger partial charge in [0.1, 0.15) is 0 Å². The molecule has 0 aliphatic rings. The van der Waals surface area contributed by atoms with E-state index in [1.54, 1.807) is 0 Å². The van der Waals surface area contributed by atoms with Crippen molar-refractivity contribution in [3.05, 3.63) is 48.5 Å². The van der Waals surface area contributed by atoms with E-state index in [0.717, 1.165) is 0 Å². The normalized spacial score (nSPS) is 12.0. The Kier molecular flexibility index (Phi) is 3.62. The maximum Gasteiger partial charge on any atom is 0.175 e. The molecular formula is C20H8Al4. The summed E-state index contributed by atoms with van der Waals surface area (Å²) in [6.07, 6.45) is 0. The van der Waals surface area contributed by atoms with Crippen LogP contribution in [-0.4, -0.2) is 65.2 Å². The van der Waals surface area contributed by atoms with Gasteiger partial charge in [-0.15, -0.1) is 17.7 Å². The summed E-state index contributed by atoms with van der Waals surface area (Å²) in [5.41, 5.74) is 0. The molecule has 0 N–H and O–H groups in total. The molecule has 0 saturated carbocycles. The zero-order valence-corrected chi connectivity index (χ0v) is 17.5. The first-order chi connectivity index (χ1) is 11.5. The molecule has 0 atom stereocenters. The van der Waals surface area contributed by atoms with Crippen molar-refractivity contribution in [1.29, 1.82) is 0 Å². The Morgan fingerprint density at radius 1 is 0.375 bits per heavy atom. The van der Waals surface area contributed by atoms with Crippen LogP contribution < -0.4 is 17.7 Å². The molecule has 0 heterocycles. The average molecular weight is 356 g/mol. The molecule has 24 heavy (non-hydrogen) atoms. The highest BCUT2D eigenvalue weighted by atomic mass is 27.1. The maximum atomic E-state index is 2.86. The van der Waals surface area contributed by atoms with Crippen molar-refractivity contribution in [3.63, 3.8) is 0 Å². The summed E-state index contributed by atoms with van der Waals surface area (Å²) in [5, 5.41) is 10.7. The van der Waals surface area contributed by atoms with Crippen LogP contribution in [0.5, 0.6) is 0 Å². The monoisotopic (exact) mass is 356 g/mol. The fourth-order valence-corrected chi connectivity index (χ4v) is 5.36. The van der Waals surface area contributed by atoms with Crippen LogP contribution in [0.4, 0.5) is 0 Å². The molecule has 8 radical (unpaired) electrons. The summed E-state index contributed by atoms with van der Waals surface area (Å²) in [6, 6.07) is 18.3. The van der Waals surface area contributed by atoms with Crippen molar-refractivity contribution in [2.75, 3.05) is 0 Å². The van der Waals surface area contributed by atoms with E-state index in [4.69, 9.17) is 0 Å². The molecule has 5 aromatic rings. The number of fused-ring (bicyclic) bond motifs is 2. The Morgan fingerprint density at radius 2 is 0.625 bits per heavy atom. The highest BCUT2D eigenvalue weighted by molar-refractivity contribution is 6.45. The second-order valence-electron chi connectivity index (χ2n) is 6.47. The van der Waals surface area contributed by atoms with Crippen molar-refractivity contribution in [1.82, 2.24) is 0 Å². The second kappa shape index (κ2) is 5.51. The third-order valence-electron chi connectivity index (χ3n) is 4.77. The first-order valence-electron chi connectivity index (χ1n) is 7.77.